The highest BCUT2D eigenvalue weighted by atomic mass is 35.5. The molecule has 1 N–H and O–H groups in total. The van der Waals surface area contributed by atoms with Crippen molar-refractivity contribution in [1.82, 2.24) is 9.97 Å². The molecule has 1 amide bonds. The Hall–Kier alpha value is -2.47. The molecule has 2 aromatic rings. The molecule has 0 bridgehead atoms. The van der Waals surface area contributed by atoms with Crippen LogP contribution in [-0.2, 0) is 4.79 Å². The monoisotopic (exact) mass is 347 g/mol. The van der Waals surface area contributed by atoms with Crippen molar-refractivity contribution < 1.29 is 14.3 Å². The van der Waals surface area contributed by atoms with Gasteiger partial charge in [0.25, 0.3) is 0 Å². The molecule has 1 aromatic carbocycles. The molecule has 1 heterocycles. The molecule has 0 radical (unpaired) electrons. The Labute approximate surface area is 145 Å². The number of hydrogen-bond acceptors (Lipinski definition) is 5. The van der Waals surface area contributed by atoms with Crippen molar-refractivity contribution in [3.05, 3.63) is 46.6 Å². The van der Waals surface area contributed by atoms with E-state index < -0.39 is 11.4 Å². The fraction of sp³-hybridized carbons (Fsp3) is 0.294. The second kappa shape index (κ2) is 6.97. The van der Waals surface area contributed by atoms with Gasteiger partial charge in [0.1, 0.15) is 0 Å². The summed E-state index contributed by atoms with van der Waals surface area (Å²) in [6, 6.07) is 7.82. The Kier molecular flexibility index (Phi) is 5.19. The quantitative estimate of drug-likeness (QED) is 0.857. The number of anilines is 1. The minimum absolute atomic E-state index is 0.0617. The maximum atomic E-state index is 12.1. The molecule has 0 saturated carbocycles. The number of nitrogens with one attached hydrogen (secondary N) is 1. The van der Waals surface area contributed by atoms with E-state index in [2.05, 4.69) is 15.3 Å². The fourth-order valence-corrected chi connectivity index (χ4v) is 1.80. The predicted octanol–water partition coefficient (Wildman–Crippen LogP) is 3.64. The lowest BCUT2D eigenvalue weighted by atomic mass is 9.96. The molecule has 0 unspecified atom stereocenters. The molecule has 0 spiro atoms. The fourth-order valence-electron chi connectivity index (χ4n) is 1.68. The molecule has 24 heavy (non-hydrogen) atoms. The molecular formula is C17H18ClN3O3. The number of amides is 1. The van der Waals surface area contributed by atoms with E-state index in [-0.39, 0.29) is 17.7 Å². The average molecular weight is 348 g/mol. The van der Waals surface area contributed by atoms with Crippen LogP contribution >= 0.6 is 11.6 Å². The van der Waals surface area contributed by atoms with E-state index in [0.717, 1.165) is 0 Å². The van der Waals surface area contributed by atoms with Crippen molar-refractivity contribution in [2.75, 3.05) is 5.32 Å². The van der Waals surface area contributed by atoms with Gasteiger partial charge in [-0.05, 0) is 31.2 Å². The van der Waals surface area contributed by atoms with Crippen LogP contribution in [0.25, 0.3) is 0 Å². The van der Waals surface area contributed by atoms with Gasteiger partial charge in [-0.15, -0.1) is 0 Å². The molecule has 6 nitrogen and oxygen atoms in total. The van der Waals surface area contributed by atoms with E-state index in [9.17, 15) is 9.59 Å². The number of benzene rings is 1. The Bertz CT molecular complexity index is 768. The number of hydrogen-bond donors (Lipinski definition) is 1. The summed E-state index contributed by atoms with van der Waals surface area (Å²) in [7, 11) is 0. The SMILES string of the molecule is Cc1cc(OC(=O)c2ccc(Cl)cc2)nc(NC(=O)C(C)(C)C)n1. The molecule has 1 aromatic heterocycles. The minimum Gasteiger partial charge on any atom is -0.404 e. The van der Waals surface area contributed by atoms with Gasteiger partial charge >= 0.3 is 5.97 Å². The Morgan fingerprint density at radius 3 is 2.33 bits per heavy atom. The molecule has 126 valence electrons. The Morgan fingerprint density at radius 1 is 1.12 bits per heavy atom. The number of esters is 1. The van der Waals surface area contributed by atoms with Crippen molar-refractivity contribution in [2.45, 2.75) is 27.7 Å². The molecule has 0 saturated heterocycles. The summed E-state index contributed by atoms with van der Waals surface area (Å²) in [4.78, 5) is 32.3. The van der Waals surface area contributed by atoms with Gasteiger partial charge in [-0.25, -0.2) is 9.78 Å². The third kappa shape index (κ3) is 4.76. The summed E-state index contributed by atoms with van der Waals surface area (Å²) in [5.41, 5.74) is 0.317. The summed E-state index contributed by atoms with van der Waals surface area (Å²) < 4.78 is 5.24. The number of aromatic nitrogens is 2. The lowest BCUT2D eigenvalue weighted by Gasteiger charge is -2.17. The van der Waals surface area contributed by atoms with E-state index in [4.69, 9.17) is 16.3 Å². The molecular weight excluding hydrogens is 330 g/mol. The normalized spacial score (nSPS) is 11.0. The third-order valence-corrected chi connectivity index (χ3v) is 3.27. The second-order valence-electron chi connectivity index (χ2n) is 6.27. The third-order valence-electron chi connectivity index (χ3n) is 3.01. The lowest BCUT2D eigenvalue weighted by molar-refractivity contribution is -0.123. The van der Waals surface area contributed by atoms with Crippen LogP contribution in [0.1, 0.15) is 36.8 Å². The standard InChI is InChI=1S/C17H18ClN3O3/c1-10-9-13(20-16(19-10)21-15(23)17(2,3)4)24-14(22)11-5-7-12(18)8-6-11/h5-9H,1-4H3,(H,19,20,21,23). The maximum Gasteiger partial charge on any atom is 0.344 e. The number of aryl methyl sites for hydroxylation is 1. The van der Waals surface area contributed by atoms with Crippen molar-refractivity contribution in [1.29, 1.82) is 0 Å². The van der Waals surface area contributed by atoms with Crippen LogP contribution in [0.4, 0.5) is 5.95 Å². The first-order chi connectivity index (χ1) is 11.1. The Balaban J connectivity index is 2.17. The first-order valence-electron chi connectivity index (χ1n) is 7.30. The summed E-state index contributed by atoms with van der Waals surface area (Å²) in [6.07, 6.45) is 0. The van der Waals surface area contributed by atoms with Gasteiger partial charge in [0.05, 0.1) is 5.56 Å². The number of rotatable bonds is 3. The molecule has 0 aliphatic heterocycles. The largest absolute Gasteiger partial charge is 0.404 e. The topological polar surface area (TPSA) is 81.2 Å². The highest BCUT2D eigenvalue weighted by Gasteiger charge is 2.22. The average Bonchev–Trinajstić information content (AvgIpc) is 2.46. The van der Waals surface area contributed by atoms with Crippen LogP contribution in [0, 0.1) is 12.3 Å². The van der Waals surface area contributed by atoms with E-state index >= 15 is 0 Å². The molecule has 0 aliphatic rings. The van der Waals surface area contributed by atoms with Gasteiger partial charge < -0.3 is 4.74 Å². The summed E-state index contributed by atoms with van der Waals surface area (Å²) in [6.45, 7) is 7.05. The van der Waals surface area contributed by atoms with E-state index in [1.54, 1.807) is 52.0 Å². The molecule has 7 heteroatoms. The van der Waals surface area contributed by atoms with Crippen LogP contribution < -0.4 is 10.1 Å². The highest BCUT2D eigenvalue weighted by molar-refractivity contribution is 6.30. The predicted molar refractivity (Wildman–Crippen MR) is 91.3 cm³/mol. The minimum atomic E-state index is -0.590. The maximum absolute atomic E-state index is 12.1. The first kappa shape index (κ1) is 17.9. The van der Waals surface area contributed by atoms with Crippen LogP contribution in [0.15, 0.2) is 30.3 Å². The van der Waals surface area contributed by atoms with Gasteiger partial charge in [-0.1, -0.05) is 32.4 Å². The molecule has 2 rings (SSSR count). The number of carbonyl (C=O) groups is 2. The van der Waals surface area contributed by atoms with E-state index in [1.807, 2.05) is 0 Å². The van der Waals surface area contributed by atoms with Crippen molar-refractivity contribution in [3.63, 3.8) is 0 Å². The van der Waals surface area contributed by atoms with E-state index in [1.165, 1.54) is 6.07 Å². The first-order valence-corrected chi connectivity index (χ1v) is 7.68. The molecule has 0 aliphatic carbocycles. The van der Waals surface area contributed by atoms with Gasteiger partial charge in [0.2, 0.25) is 17.7 Å². The van der Waals surface area contributed by atoms with Gasteiger partial charge in [-0.2, -0.15) is 4.98 Å². The number of carbonyl (C=O) groups excluding carboxylic acids is 2. The number of halogens is 1. The number of ether oxygens (including phenoxy) is 1. The van der Waals surface area contributed by atoms with E-state index in [0.29, 0.717) is 16.3 Å². The van der Waals surface area contributed by atoms with Crippen LogP contribution in [0.2, 0.25) is 5.02 Å². The van der Waals surface area contributed by atoms with Crippen LogP contribution in [0.3, 0.4) is 0 Å². The Morgan fingerprint density at radius 2 is 1.75 bits per heavy atom. The van der Waals surface area contributed by atoms with Gasteiger partial charge in [-0.3, -0.25) is 10.1 Å². The second-order valence-corrected chi connectivity index (χ2v) is 6.71. The molecule has 0 fully saturated rings. The smallest absolute Gasteiger partial charge is 0.344 e. The van der Waals surface area contributed by atoms with Crippen molar-refractivity contribution >= 4 is 29.4 Å². The zero-order valence-corrected chi connectivity index (χ0v) is 14.6. The van der Waals surface area contributed by atoms with Gasteiger partial charge in [0, 0.05) is 22.2 Å². The zero-order valence-electron chi connectivity index (χ0n) is 13.9. The summed E-state index contributed by atoms with van der Waals surface area (Å²) in [5, 5.41) is 3.14. The molecule has 0 atom stereocenters. The van der Waals surface area contributed by atoms with Crippen LogP contribution in [-0.4, -0.2) is 21.8 Å². The zero-order chi connectivity index (χ0) is 17.9. The van der Waals surface area contributed by atoms with Crippen molar-refractivity contribution in [3.8, 4) is 5.88 Å². The summed E-state index contributed by atoms with van der Waals surface area (Å²) >= 11 is 5.79. The van der Waals surface area contributed by atoms with Crippen LogP contribution in [0.5, 0.6) is 5.88 Å². The van der Waals surface area contributed by atoms with Gasteiger partial charge in [0.15, 0.2) is 0 Å². The lowest BCUT2D eigenvalue weighted by Crippen LogP contribution is -2.28. The highest BCUT2D eigenvalue weighted by Crippen LogP contribution is 2.18. The number of nitrogens with zero attached hydrogens (tertiary/aromatic N) is 2. The summed E-state index contributed by atoms with van der Waals surface area (Å²) in [5.74, 6) is -0.651. The van der Waals surface area contributed by atoms with Crippen molar-refractivity contribution in [2.24, 2.45) is 5.41 Å².